The summed E-state index contributed by atoms with van der Waals surface area (Å²) >= 11 is 0. The molecule has 1 aromatic heterocycles. The first-order valence-corrected chi connectivity index (χ1v) is 12.0. The molecule has 0 atom stereocenters. The number of fused-ring (bicyclic) bond motifs is 1. The minimum atomic E-state index is 0.136. The van der Waals surface area contributed by atoms with Crippen molar-refractivity contribution in [2.75, 3.05) is 0 Å². The van der Waals surface area contributed by atoms with Crippen LogP contribution in [0.2, 0.25) is 0 Å². The predicted molar refractivity (Wildman–Crippen MR) is 141 cm³/mol. The zero-order chi connectivity index (χ0) is 24.0. The largest absolute Gasteiger partial charge is 0.244 e. The Morgan fingerprint density at radius 3 is 1.58 bits per heavy atom. The summed E-state index contributed by atoms with van der Waals surface area (Å²) in [5.41, 5.74) is 9.74. The summed E-state index contributed by atoms with van der Waals surface area (Å²) in [4.78, 5) is 0. The third kappa shape index (κ3) is 4.73. The molecule has 3 aromatic carbocycles. The van der Waals surface area contributed by atoms with Gasteiger partial charge in [-0.05, 0) is 39.0 Å². The van der Waals surface area contributed by atoms with Crippen LogP contribution in [-0.4, -0.2) is 15.0 Å². The normalized spacial score (nSPS) is 12.6. The summed E-state index contributed by atoms with van der Waals surface area (Å²) in [7, 11) is 0. The fourth-order valence-electron chi connectivity index (χ4n) is 4.32. The van der Waals surface area contributed by atoms with Gasteiger partial charge in [-0.15, -0.1) is 5.10 Å². The topological polar surface area (TPSA) is 30.7 Å². The first-order valence-electron chi connectivity index (χ1n) is 12.0. The molecule has 4 rings (SSSR count). The van der Waals surface area contributed by atoms with Gasteiger partial charge in [0.15, 0.2) is 0 Å². The number of benzene rings is 3. The third-order valence-corrected chi connectivity index (χ3v) is 6.32. The Bertz CT molecular complexity index is 1250. The molecule has 0 aliphatic carbocycles. The van der Waals surface area contributed by atoms with E-state index in [0.717, 1.165) is 23.1 Å². The van der Waals surface area contributed by atoms with Crippen LogP contribution < -0.4 is 0 Å². The lowest BCUT2D eigenvalue weighted by atomic mass is 9.85. The van der Waals surface area contributed by atoms with Crippen LogP contribution in [0.4, 0.5) is 0 Å². The molecule has 0 saturated carbocycles. The fourth-order valence-corrected chi connectivity index (χ4v) is 4.32. The van der Waals surface area contributed by atoms with Gasteiger partial charge in [0.2, 0.25) is 0 Å². The average molecular weight is 440 g/mol. The molecule has 0 saturated heterocycles. The van der Waals surface area contributed by atoms with Crippen LogP contribution in [0.25, 0.3) is 33.3 Å². The van der Waals surface area contributed by atoms with Crippen molar-refractivity contribution in [1.29, 1.82) is 0 Å². The smallest absolute Gasteiger partial charge is 0.121 e. The van der Waals surface area contributed by atoms with Crippen molar-refractivity contribution in [2.24, 2.45) is 5.92 Å². The van der Waals surface area contributed by atoms with Gasteiger partial charge in [-0.3, -0.25) is 0 Å². The van der Waals surface area contributed by atoms with Crippen molar-refractivity contribution in [3.63, 3.8) is 0 Å². The van der Waals surface area contributed by atoms with E-state index in [1.54, 1.807) is 0 Å². The molecule has 3 nitrogen and oxygen atoms in total. The average Bonchev–Trinajstić information content (AvgIpc) is 3.15. The minimum Gasteiger partial charge on any atom is -0.244 e. The Hall–Kier alpha value is -2.94. The molecule has 33 heavy (non-hydrogen) atoms. The number of nitrogens with zero attached hydrogens (tertiary/aromatic N) is 3. The van der Waals surface area contributed by atoms with Crippen LogP contribution in [-0.2, 0) is 17.4 Å². The van der Waals surface area contributed by atoms with Crippen LogP contribution in [0.1, 0.15) is 66.5 Å². The fraction of sp³-hybridized carbons (Fsp3) is 0.400. The molecule has 0 fully saturated rings. The molecule has 0 amide bonds. The lowest BCUT2D eigenvalue weighted by molar-refractivity contribution is 0.483. The van der Waals surface area contributed by atoms with Crippen LogP contribution >= 0.6 is 0 Å². The Morgan fingerprint density at radius 1 is 0.667 bits per heavy atom. The van der Waals surface area contributed by atoms with E-state index in [0.29, 0.717) is 5.92 Å². The van der Waals surface area contributed by atoms with Crippen LogP contribution in [0.3, 0.4) is 0 Å². The van der Waals surface area contributed by atoms with E-state index in [1.807, 2.05) is 0 Å². The Kier molecular flexibility index (Phi) is 5.94. The number of hydrogen-bond donors (Lipinski definition) is 0. The van der Waals surface area contributed by atoms with E-state index in [1.165, 1.54) is 27.8 Å². The van der Waals surface area contributed by atoms with Gasteiger partial charge in [0, 0.05) is 17.7 Å². The lowest BCUT2D eigenvalue weighted by Gasteiger charge is -2.20. The maximum Gasteiger partial charge on any atom is 0.121 e. The van der Waals surface area contributed by atoms with Crippen molar-refractivity contribution in [2.45, 2.75) is 72.8 Å². The van der Waals surface area contributed by atoms with E-state index >= 15 is 0 Å². The molecule has 3 heteroatoms. The van der Waals surface area contributed by atoms with Crippen molar-refractivity contribution in [1.82, 2.24) is 15.0 Å². The SMILES string of the molecule is CC(C)Cn1nnc2c(-c3ccc(C(C)(C)C)cc3)ccc(-c3ccc(C(C)(C)C)cc3)c21. The molecule has 1 heterocycles. The maximum absolute atomic E-state index is 4.68. The minimum absolute atomic E-state index is 0.136. The summed E-state index contributed by atoms with van der Waals surface area (Å²) in [6.45, 7) is 18.8. The summed E-state index contributed by atoms with van der Waals surface area (Å²) in [5.74, 6) is 0.487. The summed E-state index contributed by atoms with van der Waals surface area (Å²) < 4.78 is 2.08. The monoisotopic (exact) mass is 439 g/mol. The van der Waals surface area contributed by atoms with Gasteiger partial charge in [0.25, 0.3) is 0 Å². The molecular formula is C30H37N3. The Balaban J connectivity index is 1.87. The number of rotatable bonds is 4. The zero-order valence-corrected chi connectivity index (χ0v) is 21.4. The Morgan fingerprint density at radius 2 is 1.12 bits per heavy atom. The summed E-state index contributed by atoms with van der Waals surface area (Å²) in [5, 5.41) is 9.26. The van der Waals surface area contributed by atoms with E-state index in [9.17, 15) is 0 Å². The first kappa shape index (κ1) is 23.2. The van der Waals surface area contributed by atoms with Gasteiger partial charge in [0.05, 0.1) is 5.52 Å². The molecule has 4 aromatic rings. The molecule has 172 valence electrons. The third-order valence-electron chi connectivity index (χ3n) is 6.32. The van der Waals surface area contributed by atoms with Gasteiger partial charge < -0.3 is 0 Å². The highest BCUT2D eigenvalue weighted by Gasteiger charge is 2.19. The first-order chi connectivity index (χ1) is 15.4. The second-order valence-electron chi connectivity index (χ2n) is 11.7. The molecule has 0 bridgehead atoms. The summed E-state index contributed by atoms with van der Waals surface area (Å²) in [6.07, 6.45) is 0. The number of aromatic nitrogens is 3. The highest BCUT2D eigenvalue weighted by molar-refractivity contribution is 6.00. The number of hydrogen-bond acceptors (Lipinski definition) is 2. The van der Waals surface area contributed by atoms with E-state index in [4.69, 9.17) is 0 Å². The van der Waals surface area contributed by atoms with Crippen molar-refractivity contribution in [3.05, 3.63) is 71.8 Å². The quantitative estimate of drug-likeness (QED) is 0.322. The molecule has 0 aliphatic heterocycles. The van der Waals surface area contributed by atoms with Gasteiger partial charge in [-0.1, -0.05) is 121 Å². The molecular weight excluding hydrogens is 402 g/mol. The highest BCUT2D eigenvalue weighted by Crippen LogP contribution is 2.36. The Labute approximate surface area is 198 Å². The van der Waals surface area contributed by atoms with Gasteiger partial charge in [-0.2, -0.15) is 0 Å². The van der Waals surface area contributed by atoms with E-state index in [2.05, 4.69) is 131 Å². The van der Waals surface area contributed by atoms with E-state index < -0.39 is 0 Å². The highest BCUT2D eigenvalue weighted by atomic mass is 15.4. The summed E-state index contributed by atoms with van der Waals surface area (Å²) in [6, 6.07) is 22.3. The molecule has 0 radical (unpaired) electrons. The zero-order valence-electron chi connectivity index (χ0n) is 21.4. The second kappa shape index (κ2) is 8.44. The molecule has 0 spiro atoms. The maximum atomic E-state index is 4.68. The van der Waals surface area contributed by atoms with Crippen LogP contribution in [0.5, 0.6) is 0 Å². The molecule has 0 aliphatic rings. The lowest BCUT2D eigenvalue weighted by Crippen LogP contribution is -2.10. The van der Waals surface area contributed by atoms with Gasteiger partial charge >= 0.3 is 0 Å². The van der Waals surface area contributed by atoms with Gasteiger partial charge in [0.1, 0.15) is 5.52 Å². The predicted octanol–water partition coefficient (Wildman–Crippen LogP) is 8.02. The van der Waals surface area contributed by atoms with Crippen molar-refractivity contribution in [3.8, 4) is 22.3 Å². The molecule has 0 unspecified atom stereocenters. The second-order valence-corrected chi connectivity index (χ2v) is 11.7. The standard InChI is InChI=1S/C30H37N3/c1-20(2)19-33-28-26(22-11-15-24(16-12-22)30(6,7)8)18-17-25(27(28)31-32-33)21-9-13-23(14-10-21)29(3,4)5/h9-18,20H,19H2,1-8H3. The van der Waals surface area contributed by atoms with Crippen molar-refractivity contribution >= 4 is 11.0 Å². The van der Waals surface area contributed by atoms with Crippen molar-refractivity contribution < 1.29 is 0 Å². The van der Waals surface area contributed by atoms with Gasteiger partial charge in [-0.25, -0.2) is 4.68 Å². The van der Waals surface area contributed by atoms with E-state index in [-0.39, 0.29) is 10.8 Å². The van der Waals surface area contributed by atoms with Crippen LogP contribution in [0, 0.1) is 5.92 Å². The molecule has 0 N–H and O–H groups in total. The van der Waals surface area contributed by atoms with Crippen LogP contribution in [0.15, 0.2) is 60.7 Å².